The standard InChI is InChI=1S/C12H14NO2/c14-11-7-3-2-6-10(11)12(15)13-8-4-1-5-9-13/h2-3,6-8,14H,1,4-5,9H2. The molecule has 3 nitrogen and oxygen atoms in total. The van der Waals surface area contributed by atoms with Crippen LogP contribution in [0.3, 0.4) is 0 Å². The van der Waals surface area contributed by atoms with Crippen LogP contribution in [0.1, 0.15) is 29.6 Å². The monoisotopic (exact) mass is 204 g/mol. The summed E-state index contributed by atoms with van der Waals surface area (Å²) in [5.41, 5.74) is 0.385. The molecule has 0 saturated carbocycles. The molecule has 1 aliphatic rings. The van der Waals surface area contributed by atoms with Crippen LogP contribution in [0.15, 0.2) is 24.3 Å². The van der Waals surface area contributed by atoms with Crippen molar-refractivity contribution in [1.29, 1.82) is 0 Å². The molecule has 1 heterocycles. The zero-order chi connectivity index (χ0) is 10.7. The average molecular weight is 204 g/mol. The molecule has 1 fully saturated rings. The fourth-order valence-electron chi connectivity index (χ4n) is 1.76. The molecule has 1 aromatic carbocycles. The van der Waals surface area contributed by atoms with Crippen molar-refractivity contribution in [2.24, 2.45) is 0 Å². The summed E-state index contributed by atoms with van der Waals surface area (Å²) < 4.78 is 0. The van der Waals surface area contributed by atoms with Crippen LogP contribution < -0.4 is 0 Å². The molecule has 1 amide bonds. The molecule has 79 valence electrons. The Hall–Kier alpha value is -1.51. The molecule has 0 aromatic heterocycles. The zero-order valence-corrected chi connectivity index (χ0v) is 8.52. The SMILES string of the molecule is O=C(c1ccccc1O)N1[CH]CCCC1. The summed E-state index contributed by atoms with van der Waals surface area (Å²) in [5.74, 6) is -0.0470. The van der Waals surface area contributed by atoms with Crippen LogP contribution in [0.4, 0.5) is 0 Å². The summed E-state index contributed by atoms with van der Waals surface area (Å²) in [5, 5.41) is 9.55. The second-order valence-corrected chi connectivity index (χ2v) is 3.69. The Bertz CT molecular complexity index is 356. The number of benzene rings is 1. The van der Waals surface area contributed by atoms with Crippen LogP contribution in [-0.2, 0) is 0 Å². The van der Waals surface area contributed by atoms with Gasteiger partial charge in [-0.05, 0) is 31.4 Å². The van der Waals surface area contributed by atoms with Crippen molar-refractivity contribution < 1.29 is 9.90 Å². The number of amides is 1. The lowest BCUT2D eigenvalue weighted by Gasteiger charge is -2.26. The van der Waals surface area contributed by atoms with Gasteiger partial charge in [-0.3, -0.25) is 4.79 Å². The number of aromatic hydroxyl groups is 1. The number of phenolic OH excluding ortho intramolecular Hbond substituents is 1. The molecule has 15 heavy (non-hydrogen) atoms. The summed E-state index contributed by atoms with van der Waals surface area (Å²) in [7, 11) is 0. The number of hydrogen-bond acceptors (Lipinski definition) is 2. The number of rotatable bonds is 1. The number of piperidine rings is 1. The van der Waals surface area contributed by atoms with Crippen LogP contribution in [0, 0.1) is 6.54 Å². The van der Waals surface area contributed by atoms with E-state index in [1.54, 1.807) is 23.1 Å². The molecular weight excluding hydrogens is 190 g/mol. The minimum atomic E-state index is -0.104. The van der Waals surface area contributed by atoms with E-state index in [4.69, 9.17) is 0 Å². The lowest BCUT2D eigenvalue weighted by atomic mass is 10.1. The smallest absolute Gasteiger partial charge is 0.257 e. The highest BCUT2D eigenvalue weighted by molar-refractivity contribution is 5.97. The predicted octanol–water partition coefficient (Wildman–Crippen LogP) is 2.18. The number of hydrogen-bond donors (Lipinski definition) is 1. The summed E-state index contributed by atoms with van der Waals surface area (Å²) in [6.07, 6.45) is 3.12. The first-order valence-corrected chi connectivity index (χ1v) is 5.21. The summed E-state index contributed by atoms with van der Waals surface area (Å²) in [4.78, 5) is 13.6. The maximum atomic E-state index is 12.0. The largest absolute Gasteiger partial charge is 0.507 e. The van der Waals surface area contributed by atoms with Gasteiger partial charge in [-0.25, -0.2) is 0 Å². The highest BCUT2D eigenvalue weighted by Crippen LogP contribution is 2.21. The van der Waals surface area contributed by atoms with Gasteiger partial charge in [0.2, 0.25) is 0 Å². The van der Waals surface area contributed by atoms with E-state index < -0.39 is 0 Å². The van der Waals surface area contributed by atoms with Gasteiger partial charge in [0.15, 0.2) is 0 Å². The van der Waals surface area contributed by atoms with E-state index in [0.29, 0.717) is 5.56 Å². The first kappa shape index (κ1) is 10.0. The maximum Gasteiger partial charge on any atom is 0.257 e. The van der Waals surface area contributed by atoms with Crippen LogP contribution in [0.2, 0.25) is 0 Å². The minimum absolute atomic E-state index is 0.0569. The van der Waals surface area contributed by atoms with Gasteiger partial charge >= 0.3 is 0 Å². The molecule has 1 aromatic rings. The fraction of sp³-hybridized carbons (Fsp3) is 0.333. The van der Waals surface area contributed by atoms with E-state index in [-0.39, 0.29) is 11.7 Å². The van der Waals surface area contributed by atoms with Crippen LogP contribution in [0.5, 0.6) is 5.75 Å². The molecule has 1 aliphatic heterocycles. The van der Waals surface area contributed by atoms with Gasteiger partial charge in [0.1, 0.15) is 5.75 Å². The van der Waals surface area contributed by atoms with Gasteiger partial charge in [-0.2, -0.15) is 0 Å². The summed E-state index contributed by atoms with van der Waals surface area (Å²) in [6.45, 7) is 2.67. The first-order valence-electron chi connectivity index (χ1n) is 5.21. The van der Waals surface area contributed by atoms with E-state index >= 15 is 0 Å². The van der Waals surface area contributed by atoms with Crippen molar-refractivity contribution in [3.63, 3.8) is 0 Å². The van der Waals surface area contributed by atoms with E-state index in [0.717, 1.165) is 25.8 Å². The number of phenols is 1. The Morgan fingerprint density at radius 3 is 2.73 bits per heavy atom. The number of carbonyl (C=O) groups is 1. The van der Waals surface area contributed by atoms with Crippen molar-refractivity contribution in [3.05, 3.63) is 36.4 Å². The van der Waals surface area contributed by atoms with Crippen molar-refractivity contribution in [2.75, 3.05) is 6.54 Å². The minimum Gasteiger partial charge on any atom is -0.507 e. The topological polar surface area (TPSA) is 40.5 Å². The number of likely N-dealkylation sites (tertiary alicyclic amines) is 1. The maximum absolute atomic E-state index is 12.0. The van der Waals surface area contributed by atoms with Crippen LogP contribution >= 0.6 is 0 Å². The third-order valence-electron chi connectivity index (χ3n) is 2.60. The second-order valence-electron chi connectivity index (χ2n) is 3.69. The molecule has 0 aliphatic carbocycles. The Kier molecular flexibility index (Phi) is 2.90. The Labute approximate surface area is 89.3 Å². The van der Waals surface area contributed by atoms with E-state index in [1.807, 2.05) is 6.54 Å². The molecule has 0 atom stereocenters. The Morgan fingerprint density at radius 1 is 1.27 bits per heavy atom. The molecule has 1 saturated heterocycles. The van der Waals surface area contributed by atoms with Gasteiger partial charge in [0.25, 0.3) is 5.91 Å². The van der Waals surface area contributed by atoms with Crippen molar-refractivity contribution in [3.8, 4) is 5.75 Å². The highest BCUT2D eigenvalue weighted by Gasteiger charge is 2.20. The lowest BCUT2D eigenvalue weighted by molar-refractivity contribution is 0.0771. The average Bonchev–Trinajstić information content (AvgIpc) is 2.30. The Balaban J connectivity index is 2.16. The summed E-state index contributed by atoms with van der Waals surface area (Å²) >= 11 is 0. The fourth-order valence-corrected chi connectivity index (χ4v) is 1.76. The quantitative estimate of drug-likeness (QED) is 0.761. The van der Waals surface area contributed by atoms with Gasteiger partial charge in [0, 0.05) is 6.54 Å². The van der Waals surface area contributed by atoms with E-state index in [1.165, 1.54) is 6.07 Å². The third-order valence-corrected chi connectivity index (χ3v) is 2.60. The number of carbonyl (C=O) groups excluding carboxylic acids is 1. The molecule has 0 spiro atoms. The molecule has 1 radical (unpaired) electrons. The number of nitrogens with zero attached hydrogens (tertiary/aromatic N) is 1. The van der Waals surface area contributed by atoms with Gasteiger partial charge in [-0.15, -0.1) is 0 Å². The molecule has 0 unspecified atom stereocenters. The molecule has 0 bridgehead atoms. The normalized spacial score (nSPS) is 16.4. The molecule has 1 N–H and O–H groups in total. The molecular formula is C12H14NO2. The third kappa shape index (κ3) is 2.12. The van der Waals surface area contributed by atoms with Crippen molar-refractivity contribution in [1.82, 2.24) is 4.90 Å². The van der Waals surface area contributed by atoms with Gasteiger partial charge < -0.3 is 10.0 Å². The van der Waals surface area contributed by atoms with Gasteiger partial charge in [0.05, 0.1) is 12.1 Å². The number of para-hydroxylation sites is 1. The van der Waals surface area contributed by atoms with E-state index in [9.17, 15) is 9.90 Å². The van der Waals surface area contributed by atoms with E-state index in [2.05, 4.69) is 0 Å². The van der Waals surface area contributed by atoms with Crippen molar-refractivity contribution >= 4 is 5.91 Å². The first-order chi connectivity index (χ1) is 7.29. The van der Waals surface area contributed by atoms with Crippen molar-refractivity contribution in [2.45, 2.75) is 19.3 Å². The molecule has 2 rings (SSSR count). The van der Waals surface area contributed by atoms with Crippen LogP contribution in [0.25, 0.3) is 0 Å². The van der Waals surface area contributed by atoms with Crippen LogP contribution in [-0.4, -0.2) is 22.5 Å². The predicted molar refractivity (Wildman–Crippen MR) is 57.3 cm³/mol. The summed E-state index contributed by atoms with van der Waals surface area (Å²) in [6, 6.07) is 6.67. The van der Waals surface area contributed by atoms with Gasteiger partial charge in [-0.1, -0.05) is 12.1 Å². The molecule has 3 heteroatoms. The lowest BCUT2D eigenvalue weighted by Crippen LogP contribution is -2.32. The zero-order valence-electron chi connectivity index (χ0n) is 8.52. The second kappa shape index (κ2) is 4.34. The Morgan fingerprint density at radius 2 is 2.07 bits per heavy atom. The highest BCUT2D eigenvalue weighted by atomic mass is 16.3.